The molecule has 4 rings (SSSR count). The second-order valence-electron chi connectivity index (χ2n) is 9.42. The highest BCUT2D eigenvalue weighted by molar-refractivity contribution is 7.80. The monoisotopic (exact) mass is 542 g/mol. The van der Waals surface area contributed by atoms with Gasteiger partial charge >= 0.3 is 0 Å². The SMILES string of the molecule is CCCC(=O)N(CCNC(=O)[C@@H](CS)Cc1ccccc1)Cc1ccc(-c2ccccc2-c2nnn[nH]2)cc1. The van der Waals surface area contributed by atoms with Crippen LogP contribution in [0.4, 0.5) is 0 Å². The number of thiol groups is 1. The molecule has 0 aliphatic carbocycles. The molecule has 0 fully saturated rings. The fourth-order valence-electron chi connectivity index (χ4n) is 4.49. The van der Waals surface area contributed by atoms with E-state index < -0.39 is 0 Å². The van der Waals surface area contributed by atoms with Crippen LogP contribution in [0.2, 0.25) is 0 Å². The van der Waals surface area contributed by atoms with Gasteiger partial charge in [-0.3, -0.25) is 9.59 Å². The summed E-state index contributed by atoms with van der Waals surface area (Å²) >= 11 is 4.40. The predicted molar refractivity (Wildman–Crippen MR) is 156 cm³/mol. The Morgan fingerprint density at radius 1 is 0.949 bits per heavy atom. The molecular formula is C30H34N6O2S. The van der Waals surface area contributed by atoms with Crippen LogP contribution in [0.5, 0.6) is 0 Å². The molecule has 0 aliphatic heterocycles. The molecule has 8 nitrogen and oxygen atoms in total. The van der Waals surface area contributed by atoms with E-state index in [2.05, 4.69) is 38.6 Å². The Balaban J connectivity index is 1.39. The first-order chi connectivity index (χ1) is 19.1. The maximum atomic E-state index is 12.9. The molecule has 202 valence electrons. The number of tetrazole rings is 1. The zero-order valence-corrected chi connectivity index (χ0v) is 23.0. The third-order valence-corrected chi connectivity index (χ3v) is 7.02. The average Bonchev–Trinajstić information content (AvgIpc) is 3.51. The van der Waals surface area contributed by atoms with Gasteiger partial charge in [-0.15, -0.1) is 5.10 Å². The first kappa shape index (κ1) is 28.0. The van der Waals surface area contributed by atoms with Crippen molar-refractivity contribution in [2.24, 2.45) is 5.92 Å². The van der Waals surface area contributed by atoms with Crippen molar-refractivity contribution in [1.29, 1.82) is 0 Å². The largest absolute Gasteiger partial charge is 0.354 e. The number of carbonyl (C=O) groups excluding carboxylic acids is 2. The van der Waals surface area contributed by atoms with E-state index in [1.807, 2.05) is 90.7 Å². The van der Waals surface area contributed by atoms with Gasteiger partial charge in [-0.05, 0) is 45.5 Å². The number of nitrogens with zero attached hydrogens (tertiary/aromatic N) is 4. The molecule has 39 heavy (non-hydrogen) atoms. The van der Waals surface area contributed by atoms with Crippen LogP contribution in [0.1, 0.15) is 30.9 Å². The summed E-state index contributed by atoms with van der Waals surface area (Å²) in [6.07, 6.45) is 1.88. The molecule has 3 aromatic carbocycles. The number of hydrogen-bond donors (Lipinski definition) is 3. The summed E-state index contributed by atoms with van der Waals surface area (Å²) in [5.41, 5.74) is 5.08. The minimum absolute atomic E-state index is 0.0401. The lowest BCUT2D eigenvalue weighted by Crippen LogP contribution is -2.40. The summed E-state index contributed by atoms with van der Waals surface area (Å²) < 4.78 is 0. The lowest BCUT2D eigenvalue weighted by Gasteiger charge is -2.24. The zero-order chi connectivity index (χ0) is 27.5. The lowest BCUT2D eigenvalue weighted by atomic mass is 9.98. The van der Waals surface area contributed by atoms with Gasteiger partial charge in [-0.25, -0.2) is 5.10 Å². The molecule has 0 radical (unpaired) electrons. The molecule has 0 bridgehead atoms. The van der Waals surface area contributed by atoms with Gasteiger partial charge in [0.05, 0.1) is 5.92 Å². The average molecular weight is 543 g/mol. The predicted octanol–water partition coefficient (Wildman–Crippen LogP) is 4.57. The van der Waals surface area contributed by atoms with Crippen LogP contribution < -0.4 is 5.32 Å². The van der Waals surface area contributed by atoms with E-state index in [1.54, 1.807) is 0 Å². The number of benzene rings is 3. The molecule has 2 amide bonds. The summed E-state index contributed by atoms with van der Waals surface area (Å²) in [5.74, 6) is 0.883. The van der Waals surface area contributed by atoms with E-state index in [4.69, 9.17) is 0 Å². The maximum absolute atomic E-state index is 12.9. The number of amides is 2. The van der Waals surface area contributed by atoms with E-state index in [9.17, 15) is 9.59 Å². The van der Waals surface area contributed by atoms with Crippen molar-refractivity contribution in [3.05, 3.63) is 90.0 Å². The molecule has 1 atom stereocenters. The molecule has 2 N–H and O–H groups in total. The summed E-state index contributed by atoms with van der Waals surface area (Å²) in [6.45, 7) is 3.31. The van der Waals surface area contributed by atoms with E-state index >= 15 is 0 Å². The lowest BCUT2D eigenvalue weighted by molar-refractivity contribution is -0.132. The number of nitrogens with one attached hydrogen (secondary N) is 2. The Kier molecular flexibility index (Phi) is 10.2. The van der Waals surface area contributed by atoms with E-state index in [-0.39, 0.29) is 17.7 Å². The highest BCUT2D eigenvalue weighted by Gasteiger charge is 2.19. The Labute approximate surface area is 234 Å². The molecule has 1 aromatic heterocycles. The van der Waals surface area contributed by atoms with Gasteiger partial charge in [-0.1, -0.05) is 85.8 Å². The van der Waals surface area contributed by atoms with Gasteiger partial charge in [0.25, 0.3) is 0 Å². The van der Waals surface area contributed by atoms with Crippen LogP contribution in [-0.2, 0) is 22.6 Å². The van der Waals surface area contributed by atoms with Crippen molar-refractivity contribution >= 4 is 24.4 Å². The number of aromatic amines is 1. The van der Waals surface area contributed by atoms with E-state index in [1.165, 1.54) is 0 Å². The van der Waals surface area contributed by atoms with Crippen LogP contribution in [0.15, 0.2) is 78.9 Å². The Bertz CT molecular complexity index is 1330. The number of carbonyl (C=O) groups is 2. The van der Waals surface area contributed by atoms with Gasteiger partial charge in [0.1, 0.15) is 0 Å². The fourth-order valence-corrected chi connectivity index (χ4v) is 4.78. The van der Waals surface area contributed by atoms with Crippen LogP contribution in [-0.4, -0.2) is 56.2 Å². The van der Waals surface area contributed by atoms with Crippen molar-refractivity contribution in [2.75, 3.05) is 18.8 Å². The summed E-state index contributed by atoms with van der Waals surface area (Å²) in [7, 11) is 0. The molecule has 9 heteroatoms. The molecule has 0 aliphatic rings. The van der Waals surface area contributed by atoms with Gasteiger partial charge < -0.3 is 10.2 Å². The number of hydrogen-bond acceptors (Lipinski definition) is 6. The molecule has 0 unspecified atom stereocenters. The van der Waals surface area contributed by atoms with Crippen molar-refractivity contribution in [1.82, 2.24) is 30.8 Å². The van der Waals surface area contributed by atoms with Crippen molar-refractivity contribution in [2.45, 2.75) is 32.7 Å². The summed E-state index contributed by atoms with van der Waals surface area (Å²) in [4.78, 5) is 27.5. The standard InChI is InChI=1S/C30H34N6O2S/c1-2-8-28(37)36(18-17-31-30(38)25(21-39)19-22-9-4-3-5-10-22)20-23-13-15-24(16-14-23)26-11-6-7-12-27(26)29-32-34-35-33-29/h3-7,9-16,25,39H,2,8,17-21H2,1H3,(H,31,38)(H,32,33,34,35)/t25-/m1/s1. The summed E-state index contributed by atoms with van der Waals surface area (Å²) in [6, 6.07) is 26.0. The van der Waals surface area contributed by atoms with E-state index in [0.717, 1.165) is 34.2 Å². The minimum Gasteiger partial charge on any atom is -0.354 e. The van der Waals surface area contributed by atoms with E-state index in [0.29, 0.717) is 44.1 Å². The second kappa shape index (κ2) is 14.2. The minimum atomic E-state index is -0.223. The molecule has 4 aromatic rings. The van der Waals surface area contributed by atoms with Crippen LogP contribution >= 0.6 is 12.6 Å². The van der Waals surface area contributed by atoms with Crippen LogP contribution in [0.25, 0.3) is 22.5 Å². The first-order valence-electron chi connectivity index (χ1n) is 13.2. The second-order valence-corrected chi connectivity index (χ2v) is 9.78. The topological polar surface area (TPSA) is 104 Å². The molecule has 0 spiro atoms. The number of rotatable bonds is 13. The number of aromatic nitrogens is 4. The highest BCUT2D eigenvalue weighted by atomic mass is 32.1. The number of H-pyrrole nitrogens is 1. The van der Waals surface area contributed by atoms with Gasteiger partial charge in [-0.2, -0.15) is 12.6 Å². The van der Waals surface area contributed by atoms with Crippen LogP contribution in [0.3, 0.4) is 0 Å². The zero-order valence-electron chi connectivity index (χ0n) is 22.1. The Hall–Kier alpha value is -3.98. The smallest absolute Gasteiger partial charge is 0.224 e. The fraction of sp³-hybridized carbons (Fsp3) is 0.300. The maximum Gasteiger partial charge on any atom is 0.224 e. The third kappa shape index (κ3) is 7.77. The molecule has 1 heterocycles. The summed E-state index contributed by atoms with van der Waals surface area (Å²) in [5, 5.41) is 17.3. The molecule has 0 saturated carbocycles. The Morgan fingerprint density at radius 3 is 2.33 bits per heavy atom. The first-order valence-corrected chi connectivity index (χ1v) is 13.8. The van der Waals surface area contributed by atoms with Gasteiger partial charge in [0, 0.05) is 37.4 Å². The highest BCUT2D eigenvalue weighted by Crippen LogP contribution is 2.29. The molecular weight excluding hydrogens is 508 g/mol. The third-order valence-electron chi connectivity index (χ3n) is 6.58. The van der Waals surface area contributed by atoms with Crippen LogP contribution in [0, 0.1) is 5.92 Å². The Morgan fingerprint density at radius 2 is 1.67 bits per heavy atom. The van der Waals surface area contributed by atoms with Crippen molar-refractivity contribution in [3.63, 3.8) is 0 Å². The van der Waals surface area contributed by atoms with Gasteiger partial charge in [0.15, 0.2) is 5.82 Å². The quantitative estimate of drug-likeness (QED) is 0.215. The normalized spacial score (nSPS) is 11.6. The van der Waals surface area contributed by atoms with Crippen molar-refractivity contribution < 1.29 is 9.59 Å². The van der Waals surface area contributed by atoms with Crippen molar-refractivity contribution in [3.8, 4) is 22.5 Å². The molecule has 0 saturated heterocycles. The van der Waals surface area contributed by atoms with Gasteiger partial charge in [0.2, 0.25) is 11.8 Å².